The summed E-state index contributed by atoms with van der Waals surface area (Å²) in [5.74, 6) is 0.820. The molecule has 0 radical (unpaired) electrons. The summed E-state index contributed by atoms with van der Waals surface area (Å²) >= 11 is 8.59. The van der Waals surface area contributed by atoms with Crippen LogP contribution in [-0.2, 0) is 0 Å². The zero-order valence-corrected chi connectivity index (χ0v) is 14.5. The van der Waals surface area contributed by atoms with Gasteiger partial charge in [0.2, 0.25) is 0 Å². The Bertz CT molecular complexity index is 482. The van der Waals surface area contributed by atoms with E-state index in [1.807, 2.05) is 6.07 Å². The maximum absolute atomic E-state index is 5.69. The zero-order valence-electron chi connectivity index (χ0n) is 12.1. The molecular weight excluding hydrogens is 334 g/mol. The van der Waals surface area contributed by atoms with Crippen LogP contribution < -0.4 is 10.6 Å². The summed E-state index contributed by atoms with van der Waals surface area (Å²) in [4.78, 5) is 5.17. The van der Waals surface area contributed by atoms with Gasteiger partial charge in [-0.15, -0.1) is 0 Å². The molecule has 5 heteroatoms. The van der Waals surface area contributed by atoms with Crippen molar-refractivity contribution in [3.8, 4) is 0 Å². The van der Waals surface area contributed by atoms with Gasteiger partial charge < -0.3 is 15.5 Å². The number of halogens is 1. The molecule has 0 atom stereocenters. The second-order valence-corrected chi connectivity index (χ2v) is 7.02. The number of hydrogen-bond donors (Lipinski definition) is 1. The summed E-state index contributed by atoms with van der Waals surface area (Å²) in [5, 5.41) is 0. The lowest BCUT2D eigenvalue weighted by molar-refractivity contribution is 0.285. The fourth-order valence-corrected chi connectivity index (χ4v) is 3.68. The maximum Gasteiger partial charge on any atom is 0.105 e. The van der Waals surface area contributed by atoms with E-state index in [1.165, 1.54) is 25.1 Å². The molecule has 20 heavy (non-hydrogen) atoms. The lowest BCUT2D eigenvalue weighted by Crippen LogP contribution is -2.37. The van der Waals surface area contributed by atoms with Crippen LogP contribution in [0.15, 0.2) is 22.7 Å². The maximum atomic E-state index is 5.69. The Morgan fingerprint density at radius 2 is 2.05 bits per heavy atom. The second-order valence-electron chi connectivity index (χ2n) is 5.72. The Hall–Kier alpha value is -0.650. The summed E-state index contributed by atoms with van der Waals surface area (Å²) in [6.45, 7) is 3.44. The highest BCUT2D eigenvalue weighted by atomic mass is 79.9. The predicted molar refractivity (Wildman–Crippen MR) is 93.5 cm³/mol. The Balaban J connectivity index is 2.00. The van der Waals surface area contributed by atoms with Gasteiger partial charge in [0.25, 0.3) is 0 Å². The molecule has 0 aromatic heterocycles. The molecule has 0 amide bonds. The molecule has 110 valence electrons. The molecule has 0 saturated carbocycles. The van der Waals surface area contributed by atoms with Gasteiger partial charge in [-0.3, -0.25) is 0 Å². The molecule has 1 heterocycles. The van der Waals surface area contributed by atoms with Crippen LogP contribution in [0.3, 0.4) is 0 Å². The summed E-state index contributed by atoms with van der Waals surface area (Å²) in [6, 6.07) is 6.25. The van der Waals surface area contributed by atoms with Gasteiger partial charge in [0, 0.05) is 35.4 Å². The normalized spacial score (nSPS) is 16.7. The summed E-state index contributed by atoms with van der Waals surface area (Å²) in [5.41, 5.74) is 7.85. The molecule has 1 saturated heterocycles. The SMILES string of the molecule is CN(C)CC1CCN(c2ccc(C(N)=S)c(Br)c2)CC1. The van der Waals surface area contributed by atoms with Crippen molar-refractivity contribution in [1.29, 1.82) is 0 Å². The average Bonchev–Trinajstić information content (AvgIpc) is 2.38. The van der Waals surface area contributed by atoms with Crippen molar-refractivity contribution in [2.75, 3.05) is 38.6 Å². The van der Waals surface area contributed by atoms with Crippen LogP contribution in [0.2, 0.25) is 0 Å². The van der Waals surface area contributed by atoms with Gasteiger partial charge in [0.15, 0.2) is 0 Å². The smallest absolute Gasteiger partial charge is 0.105 e. The fraction of sp³-hybridized carbons (Fsp3) is 0.533. The van der Waals surface area contributed by atoms with Crippen molar-refractivity contribution < 1.29 is 0 Å². The first-order chi connectivity index (χ1) is 9.47. The molecule has 0 unspecified atom stereocenters. The van der Waals surface area contributed by atoms with Crippen molar-refractivity contribution >= 4 is 38.8 Å². The number of hydrogen-bond acceptors (Lipinski definition) is 3. The van der Waals surface area contributed by atoms with Crippen molar-refractivity contribution in [2.24, 2.45) is 11.7 Å². The first-order valence-corrected chi connectivity index (χ1v) is 8.16. The molecule has 0 aliphatic carbocycles. The minimum Gasteiger partial charge on any atom is -0.389 e. The average molecular weight is 356 g/mol. The minimum absolute atomic E-state index is 0.438. The van der Waals surface area contributed by atoms with E-state index < -0.39 is 0 Å². The lowest BCUT2D eigenvalue weighted by atomic mass is 9.96. The highest BCUT2D eigenvalue weighted by Gasteiger charge is 2.20. The van der Waals surface area contributed by atoms with E-state index in [2.05, 4.69) is 52.0 Å². The van der Waals surface area contributed by atoms with Gasteiger partial charge in [-0.1, -0.05) is 12.2 Å². The molecule has 1 aromatic rings. The van der Waals surface area contributed by atoms with Crippen LogP contribution in [0.25, 0.3) is 0 Å². The van der Waals surface area contributed by atoms with Gasteiger partial charge >= 0.3 is 0 Å². The summed E-state index contributed by atoms with van der Waals surface area (Å²) in [6.07, 6.45) is 2.51. The largest absolute Gasteiger partial charge is 0.389 e. The molecule has 0 spiro atoms. The van der Waals surface area contributed by atoms with Gasteiger partial charge in [0.1, 0.15) is 4.99 Å². The number of nitrogens with zero attached hydrogens (tertiary/aromatic N) is 2. The molecule has 0 bridgehead atoms. The van der Waals surface area contributed by atoms with Crippen LogP contribution in [-0.4, -0.2) is 43.6 Å². The Morgan fingerprint density at radius 3 is 2.55 bits per heavy atom. The van der Waals surface area contributed by atoms with Crippen LogP contribution in [0, 0.1) is 5.92 Å². The van der Waals surface area contributed by atoms with Crippen molar-refractivity contribution in [1.82, 2.24) is 4.90 Å². The molecule has 1 aliphatic heterocycles. The molecule has 1 aliphatic rings. The highest BCUT2D eigenvalue weighted by Crippen LogP contribution is 2.28. The third-order valence-electron chi connectivity index (χ3n) is 3.82. The number of rotatable bonds is 4. The fourth-order valence-electron chi connectivity index (χ4n) is 2.79. The lowest BCUT2D eigenvalue weighted by Gasteiger charge is -2.34. The van der Waals surface area contributed by atoms with Gasteiger partial charge in [0.05, 0.1) is 0 Å². The zero-order chi connectivity index (χ0) is 14.7. The Kier molecular flexibility index (Phi) is 5.41. The molecule has 2 rings (SSSR count). The third kappa shape index (κ3) is 3.93. The number of nitrogens with two attached hydrogens (primary N) is 1. The Morgan fingerprint density at radius 1 is 1.40 bits per heavy atom. The monoisotopic (exact) mass is 355 g/mol. The number of benzene rings is 1. The highest BCUT2D eigenvalue weighted by molar-refractivity contribution is 9.10. The molecule has 1 fully saturated rings. The number of thiocarbonyl (C=S) groups is 1. The van der Waals surface area contributed by atoms with E-state index in [9.17, 15) is 0 Å². The van der Waals surface area contributed by atoms with E-state index >= 15 is 0 Å². The first kappa shape index (κ1) is 15.7. The van der Waals surface area contributed by atoms with E-state index in [-0.39, 0.29) is 0 Å². The standard InChI is InChI=1S/C15H22BrN3S/c1-18(2)10-11-5-7-19(8-6-11)12-3-4-13(15(17)20)14(16)9-12/h3-4,9,11H,5-8,10H2,1-2H3,(H2,17,20). The second kappa shape index (κ2) is 6.87. The van der Waals surface area contributed by atoms with Crippen LogP contribution in [0.1, 0.15) is 18.4 Å². The summed E-state index contributed by atoms with van der Waals surface area (Å²) < 4.78 is 0.984. The molecule has 3 nitrogen and oxygen atoms in total. The van der Waals surface area contributed by atoms with Crippen molar-refractivity contribution in [2.45, 2.75) is 12.8 Å². The van der Waals surface area contributed by atoms with Crippen molar-refractivity contribution in [3.05, 3.63) is 28.2 Å². The Labute approximate surface area is 135 Å². The quantitative estimate of drug-likeness (QED) is 0.841. The number of piperidine rings is 1. The van der Waals surface area contributed by atoms with Crippen LogP contribution in [0.5, 0.6) is 0 Å². The number of anilines is 1. The summed E-state index contributed by atoms with van der Waals surface area (Å²) in [7, 11) is 4.30. The van der Waals surface area contributed by atoms with Gasteiger partial charge in [-0.25, -0.2) is 0 Å². The van der Waals surface area contributed by atoms with Crippen LogP contribution in [0.4, 0.5) is 5.69 Å². The van der Waals surface area contributed by atoms with Gasteiger partial charge in [-0.2, -0.15) is 0 Å². The van der Waals surface area contributed by atoms with E-state index in [0.717, 1.165) is 29.0 Å². The van der Waals surface area contributed by atoms with Crippen molar-refractivity contribution in [3.63, 3.8) is 0 Å². The molecule has 2 N–H and O–H groups in total. The minimum atomic E-state index is 0.438. The molecular formula is C15H22BrN3S. The topological polar surface area (TPSA) is 32.5 Å². The van der Waals surface area contributed by atoms with E-state index in [0.29, 0.717) is 4.99 Å². The predicted octanol–water partition coefficient (Wildman–Crippen LogP) is 2.86. The third-order valence-corrected chi connectivity index (χ3v) is 4.70. The van der Waals surface area contributed by atoms with E-state index in [4.69, 9.17) is 18.0 Å². The molecule has 1 aromatic carbocycles. The first-order valence-electron chi connectivity index (χ1n) is 6.96. The van der Waals surface area contributed by atoms with E-state index in [1.54, 1.807) is 0 Å². The van der Waals surface area contributed by atoms with Gasteiger partial charge in [-0.05, 0) is 67.0 Å². The van der Waals surface area contributed by atoms with Crippen LogP contribution >= 0.6 is 28.1 Å².